The highest BCUT2D eigenvalue weighted by atomic mass is 32.2. The number of tetrazole rings is 1. The molecule has 0 saturated carbocycles. The molecule has 0 amide bonds. The maximum Gasteiger partial charge on any atom is 0.341 e. The summed E-state index contributed by atoms with van der Waals surface area (Å²) >= 11 is 1.31. The van der Waals surface area contributed by atoms with Crippen LogP contribution in [0.4, 0.5) is 4.39 Å². The number of carbonyl (C=O) groups is 1. The normalized spacial score (nSPS) is 10.8. The van der Waals surface area contributed by atoms with Gasteiger partial charge in [-0.2, -0.15) is 4.68 Å². The van der Waals surface area contributed by atoms with E-state index in [-0.39, 0.29) is 5.82 Å². The van der Waals surface area contributed by atoms with Crippen LogP contribution < -0.4 is 0 Å². The lowest BCUT2D eigenvalue weighted by molar-refractivity contribution is 0.0599. The zero-order chi connectivity index (χ0) is 17.1. The summed E-state index contributed by atoms with van der Waals surface area (Å²) in [5.74, 6) is 0.669. The van der Waals surface area contributed by atoms with Crippen LogP contribution >= 0.6 is 11.8 Å². The number of thioether (sulfide) groups is 1. The van der Waals surface area contributed by atoms with Crippen molar-refractivity contribution in [2.45, 2.75) is 17.8 Å². The molecule has 0 N–H and O–H groups in total. The van der Waals surface area contributed by atoms with E-state index in [0.717, 1.165) is 0 Å². The molecule has 0 fully saturated rings. The van der Waals surface area contributed by atoms with E-state index in [4.69, 9.17) is 9.15 Å². The highest BCUT2D eigenvalue weighted by molar-refractivity contribution is 7.98. The Morgan fingerprint density at radius 2 is 2.25 bits per heavy atom. The van der Waals surface area contributed by atoms with E-state index in [2.05, 4.69) is 15.5 Å². The van der Waals surface area contributed by atoms with Crippen LogP contribution in [0, 0.1) is 12.7 Å². The number of carbonyl (C=O) groups excluding carboxylic acids is 1. The van der Waals surface area contributed by atoms with Crippen LogP contribution in [0.3, 0.4) is 0 Å². The van der Waals surface area contributed by atoms with Crippen LogP contribution in [0.2, 0.25) is 0 Å². The molecule has 7 nitrogen and oxygen atoms in total. The van der Waals surface area contributed by atoms with Gasteiger partial charge in [-0.05, 0) is 41.6 Å². The number of hydrogen-bond acceptors (Lipinski definition) is 7. The monoisotopic (exact) mass is 348 g/mol. The summed E-state index contributed by atoms with van der Waals surface area (Å²) in [6, 6.07) is 7.60. The van der Waals surface area contributed by atoms with Crippen molar-refractivity contribution >= 4 is 17.7 Å². The highest BCUT2D eigenvalue weighted by Gasteiger charge is 2.17. The molecule has 0 aliphatic rings. The van der Waals surface area contributed by atoms with Crippen molar-refractivity contribution in [3.8, 4) is 5.69 Å². The Kier molecular flexibility index (Phi) is 4.61. The van der Waals surface area contributed by atoms with Gasteiger partial charge in [0, 0.05) is 0 Å². The zero-order valence-electron chi connectivity index (χ0n) is 12.9. The van der Waals surface area contributed by atoms with Gasteiger partial charge in [0.2, 0.25) is 5.16 Å². The summed E-state index contributed by atoms with van der Waals surface area (Å²) in [7, 11) is 1.32. The number of rotatable bonds is 5. The fourth-order valence-corrected chi connectivity index (χ4v) is 2.87. The zero-order valence-corrected chi connectivity index (χ0v) is 13.7. The Morgan fingerprint density at radius 1 is 1.42 bits per heavy atom. The van der Waals surface area contributed by atoms with Gasteiger partial charge in [-0.25, -0.2) is 9.18 Å². The molecular formula is C15H13FN4O3S. The number of benzene rings is 1. The smallest absolute Gasteiger partial charge is 0.341 e. The van der Waals surface area contributed by atoms with Gasteiger partial charge in [0.15, 0.2) is 0 Å². The average molecular weight is 348 g/mol. The average Bonchev–Trinajstić information content (AvgIpc) is 3.18. The number of furan rings is 1. The molecule has 0 aliphatic heterocycles. The topological polar surface area (TPSA) is 83.0 Å². The number of methoxy groups -OCH3 is 1. The lowest BCUT2D eigenvalue weighted by atomic mass is 10.2. The number of ether oxygens (including phenoxy) is 1. The highest BCUT2D eigenvalue weighted by Crippen LogP contribution is 2.25. The minimum atomic E-state index is -0.447. The summed E-state index contributed by atoms with van der Waals surface area (Å²) < 4.78 is 25.0. The van der Waals surface area contributed by atoms with Crippen molar-refractivity contribution in [3.63, 3.8) is 0 Å². The molecule has 0 atom stereocenters. The first-order valence-electron chi connectivity index (χ1n) is 6.93. The Balaban J connectivity index is 1.77. The van der Waals surface area contributed by atoms with Gasteiger partial charge in [-0.1, -0.05) is 17.8 Å². The number of hydrogen-bond donors (Lipinski definition) is 0. The molecule has 1 aromatic carbocycles. The molecule has 124 valence electrons. The molecule has 2 heterocycles. The van der Waals surface area contributed by atoms with E-state index in [1.54, 1.807) is 25.1 Å². The fraction of sp³-hybridized carbons (Fsp3) is 0.200. The van der Waals surface area contributed by atoms with Crippen LogP contribution in [-0.2, 0) is 10.5 Å². The van der Waals surface area contributed by atoms with Gasteiger partial charge in [-0.15, -0.1) is 5.10 Å². The second-order valence-electron chi connectivity index (χ2n) is 4.82. The maximum absolute atomic E-state index is 13.4. The second-order valence-corrected chi connectivity index (χ2v) is 5.76. The first-order chi connectivity index (χ1) is 11.6. The van der Waals surface area contributed by atoms with E-state index >= 15 is 0 Å². The molecule has 9 heteroatoms. The summed E-state index contributed by atoms with van der Waals surface area (Å²) in [5.41, 5.74) is 0.909. The van der Waals surface area contributed by atoms with Crippen molar-refractivity contribution in [1.82, 2.24) is 20.2 Å². The third-order valence-electron chi connectivity index (χ3n) is 3.21. The Labute approximate surface area is 140 Å². The molecule has 0 unspecified atom stereocenters. The van der Waals surface area contributed by atoms with Gasteiger partial charge in [0.05, 0.1) is 18.6 Å². The maximum atomic E-state index is 13.4. The molecule has 3 aromatic rings. The van der Waals surface area contributed by atoms with E-state index in [0.29, 0.717) is 33.7 Å². The molecule has 0 spiro atoms. The first-order valence-corrected chi connectivity index (χ1v) is 7.92. The molecule has 0 radical (unpaired) electrons. The molecule has 0 saturated heterocycles. The van der Waals surface area contributed by atoms with Crippen molar-refractivity contribution < 1.29 is 18.3 Å². The molecular weight excluding hydrogens is 335 g/mol. The number of aryl methyl sites for hydroxylation is 1. The Morgan fingerprint density at radius 3 is 3.00 bits per heavy atom. The van der Waals surface area contributed by atoms with Crippen LogP contribution in [-0.4, -0.2) is 33.3 Å². The Bertz CT molecular complexity index is 877. The van der Waals surface area contributed by atoms with Crippen LogP contribution in [0.1, 0.15) is 21.9 Å². The van der Waals surface area contributed by atoms with Crippen molar-refractivity contribution in [2.24, 2.45) is 0 Å². The lowest BCUT2D eigenvalue weighted by Gasteiger charge is -2.03. The van der Waals surface area contributed by atoms with Crippen LogP contribution in [0.15, 0.2) is 39.9 Å². The number of esters is 1. The van der Waals surface area contributed by atoms with Crippen molar-refractivity contribution in [2.75, 3.05) is 7.11 Å². The van der Waals surface area contributed by atoms with Crippen molar-refractivity contribution in [1.29, 1.82) is 0 Å². The minimum Gasteiger partial charge on any atom is -0.465 e. The SMILES string of the molecule is COC(=O)c1cc(CSc2nnnn2-c2cccc(F)c2)oc1C. The van der Waals surface area contributed by atoms with Gasteiger partial charge in [0.1, 0.15) is 22.9 Å². The second kappa shape index (κ2) is 6.83. The number of aromatic nitrogens is 4. The summed E-state index contributed by atoms with van der Waals surface area (Å²) in [6.45, 7) is 1.69. The van der Waals surface area contributed by atoms with Gasteiger partial charge in [-0.3, -0.25) is 0 Å². The predicted molar refractivity (Wildman–Crippen MR) is 83.5 cm³/mol. The van der Waals surface area contributed by atoms with Gasteiger partial charge < -0.3 is 9.15 Å². The quantitative estimate of drug-likeness (QED) is 0.518. The van der Waals surface area contributed by atoms with Crippen molar-refractivity contribution in [3.05, 3.63) is 53.2 Å². The molecule has 2 aromatic heterocycles. The summed E-state index contributed by atoms with van der Waals surface area (Å²) in [4.78, 5) is 11.6. The lowest BCUT2D eigenvalue weighted by Crippen LogP contribution is -2.00. The molecule has 0 bridgehead atoms. The van der Waals surface area contributed by atoms with Crippen LogP contribution in [0.25, 0.3) is 5.69 Å². The standard InChI is InChI=1S/C15H13FN4O3S/c1-9-13(14(21)22-2)7-12(23-9)8-24-15-17-18-19-20(15)11-5-3-4-10(16)6-11/h3-7H,8H2,1-2H3. The summed E-state index contributed by atoms with van der Waals surface area (Å²) in [6.07, 6.45) is 0. The number of halogens is 1. The predicted octanol–water partition coefficient (Wildman–Crippen LogP) is 2.78. The summed E-state index contributed by atoms with van der Waals surface area (Å²) in [5, 5.41) is 11.9. The molecule has 3 rings (SSSR count). The van der Waals surface area contributed by atoms with Gasteiger partial charge >= 0.3 is 5.97 Å². The fourth-order valence-electron chi connectivity index (χ4n) is 2.10. The van der Waals surface area contributed by atoms with Crippen LogP contribution in [0.5, 0.6) is 0 Å². The number of nitrogens with zero attached hydrogens (tertiary/aromatic N) is 4. The third kappa shape index (κ3) is 3.30. The largest absolute Gasteiger partial charge is 0.465 e. The van der Waals surface area contributed by atoms with E-state index in [9.17, 15) is 9.18 Å². The minimum absolute atomic E-state index is 0.372. The molecule has 0 aliphatic carbocycles. The first kappa shape index (κ1) is 16.2. The third-order valence-corrected chi connectivity index (χ3v) is 4.15. The Hall–Kier alpha value is -2.68. The van der Waals surface area contributed by atoms with E-state index in [1.807, 2.05) is 0 Å². The van der Waals surface area contributed by atoms with Gasteiger partial charge in [0.25, 0.3) is 0 Å². The molecule has 24 heavy (non-hydrogen) atoms. The van der Waals surface area contributed by atoms with E-state index in [1.165, 1.54) is 35.7 Å². The van der Waals surface area contributed by atoms with E-state index < -0.39 is 5.97 Å².